The van der Waals surface area contributed by atoms with Crippen molar-refractivity contribution in [3.8, 4) is 0 Å². The second-order valence-electron chi connectivity index (χ2n) is 4.34. The van der Waals surface area contributed by atoms with Gasteiger partial charge in [0.15, 0.2) is 0 Å². The van der Waals surface area contributed by atoms with E-state index in [4.69, 9.17) is 0 Å². The monoisotopic (exact) mass is 252 g/mol. The molecular weight excluding hydrogens is 240 g/mol. The van der Waals surface area contributed by atoms with Gasteiger partial charge in [0.05, 0.1) is 11.7 Å². The third kappa shape index (κ3) is 2.30. The number of nitrogens with one attached hydrogen (secondary N) is 2. The van der Waals surface area contributed by atoms with Gasteiger partial charge in [0, 0.05) is 17.1 Å². The van der Waals surface area contributed by atoms with E-state index in [1.165, 1.54) is 0 Å². The second-order valence-corrected chi connectivity index (χ2v) is 4.34. The molecule has 0 bridgehead atoms. The van der Waals surface area contributed by atoms with Crippen LogP contribution >= 0.6 is 0 Å². The lowest BCUT2D eigenvalue weighted by atomic mass is 10.1. The Hall–Kier alpha value is -2.69. The number of amides is 1. The normalized spacial score (nSPS) is 10.6. The summed E-state index contributed by atoms with van der Waals surface area (Å²) in [7, 11) is 0. The molecule has 5 nitrogen and oxygen atoms in total. The summed E-state index contributed by atoms with van der Waals surface area (Å²) in [6.45, 7) is 1.95. The molecule has 1 amide bonds. The van der Waals surface area contributed by atoms with E-state index in [9.17, 15) is 4.79 Å². The molecule has 0 spiro atoms. The smallest absolute Gasteiger partial charge is 0.256 e. The minimum absolute atomic E-state index is 0.186. The van der Waals surface area contributed by atoms with Crippen LogP contribution in [0.3, 0.4) is 0 Å². The number of aryl methyl sites for hydroxylation is 1. The van der Waals surface area contributed by atoms with E-state index in [1.807, 2.05) is 25.1 Å². The summed E-state index contributed by atoms with van der Waals surface area (Å²) in [5.41, 5.74) is 2.46. The second kappa shape index (κ2) is 4.53. The number of rotatable bonds is 2. The molecule has 0 atom stereocenters. The summed E-state index contributed by atoms with van der Waals surface area (Å²) in [6.07, 6.45) is 3.39. The van der Waals surface area contributed by atoms with Crippen molar-refractivity contribution < 1.29 is 4.79 Å². The highest BCUT2D eigenvalue weighted by Crippen LogP contribution is 2.14. The lowest BCUT2D eigenvalue weighted by Gasteiger charge is -2.05. The largest absolute Gasteiger partial charge is 0.307 e. The minimum atomic E-state index is -0.186. The quantitative estimate of drug-likeness (QED) is 0.736. The van der Waals surface area contributed by atoms with Gasteiger partial charge in [-0.15, -0.1) is 0 Å². The number of aromatic amines is 1. The van der Waals surface area contributed by atoms with Gasteiger partial charge in [0.25, 0.3) is 5.91 Å². The maximum atomic E-state index is 12.1. The molecule has 1 aromatic carbocycles. The van der Waals surface area contributed by atoms with Gasteiger partial charge in [-0.2, -0.15) is 5.10 Å². The topological polar surface area (TPSA) is 70.7 Å². The summed E-state index contributed by atoms with van der Waals surface area (Å²) in [6, 6.07) is 9.10. The number of benzene rings is 1. The number of aromatic nitrogens is 3. The highest BCUT2D eigenvalue weighted by Gasteiger charge is 2.08. The Labute approximate surface area is 109 Å². The van der Waals surface area contributed by atoms with Crippen LogP contribution in [0.2, 0.25) is 0 Å². The van der Waals surface area contributed by atoms with Crippen molar-refractivity contribution in [1.29, 1.82) is 0 Å². The maximum absolute atomic E-state index is 12.1. The first kappa shape index (κ1) is 11.4. The Morgan fingerprint density at radius 2 is 2.16 bits per heavy atom. The molecule has 3 aromatic rings. The standard InChI is InChI=1S/C14H12N4O/c1-9-4-5-15-13(6-9)17-14(19)10-2-3-11-8-16-18-12(11)7-10/h2-8H,1H3,(H,16,18)(H,15,17,19). The number of pyridine rings is 1. The average molecular weight is 252 g/mol. The van der Waals surface area contributed by atoms with Gasteiger partial charge in [-0.25, -0.2) is 4.98 Å². The first-order valence-corrected chi connectivity index (χ1v) is 5.89. The zero-order chi connectivity index (χ0) is 13.2. The Kier molecular flexibility index (Phi) is 2.72. The van der Waals surface area contributed by atoms with E-state index < -0.39 is 0 Å². The molecule has 2 N–H and O–H groups in total. The zero-order valence-electron chi connectivity index (χ0n) is 10.3. The van der Waals surface area contributed by atoms with Gasteiger partial charge in [0.2, 0.25) is 0 Å². The van der Waals surface area contributed by atoms with Gasteiger partial charge in [-0.3, -0.25) is 9.89 Å². The van der Waals surface area contributed by atoms with E-state index in [1.54, 1.807) is 24.5 Å². The molecule has 0 saturated heterocycles. The summed E-state index contributed by atoms with van der Waals surface area (Å²) in [5, 5.41) is 10.5. The van der Waals surface area contributed by atoms with Gasteiger partial charge >= 0.3 is 0 Å². The molecule has 0 saturated carbocycles. The Balaban J connectivity index is 1.87. The number of carbonyl (C=O) groups excluding carboxylic acids is 1. The molecule has 0 aliphatic carbocycles. The number of anilines is 1. The van der Waals surface area contributed by atoms with E-state index in [2.05, 4.69) is 20.5 Å². The fourth-order valence-corrected chi connectivity index (χ4v) is 1.87. The van der Waals surface area contributed by atoms with Crippen LogP contribution in [0.25, 0.3) is 10.9 Å². The van der Waals surface area contributed by atoms with E-state index in [-0.39, 0.29) is 5.91 Å². The van der Waals surface area contributed by atoms with Crippen molar-refractivity contribution in [2.45, 2.75) is 6.92 Å². The predicted octanol–water partition coefficient (Wildman–Crippen LogP) is 2.52. The molecule has 0 radical (unpaired) electrons. The molecule has 19 heavy (non-hydrogen) atoms. The summed E-state index contributed by atoms with van der Waals surface area (Å²) >= 11 is 0. The highest BCUT2D eigenvalue weighted by molar-refractivity contribution is 6.05. The molecule has 5 heteroatoms. The van der Waals surface area contributed by atoms with Crippen molar-refractivity contribution in [2.75, 3.05) is 5.32 Å². The van der Waals surface area contributed by atoms with Crippen molar-refractivity contribution in [2.24, 2.45) is 0 Å². The van der Waals surface area contributed by atoms with E-state index >= 15 is 0 Å². The molecule has 94 valence electrons. The maximum Gasteiger partial charge on any atom is 0.256 e. The molecule has 0 fully saturated rings. The fraction of sp³-hybridized carbons (Fsp3) is 0.0714. The number of fused-ring (bicyclic) bond motifs is 1. The molecule has 0 unspecified atom stereocenters. The molecule has 0 aliphatic rings. The van der Waals surface area contributed by atoms with Crippen LogP contribution in [0.1, 0.15) is 15.9 Å². The minimum Gasteiger partial charge on any atom is -0.307 e. The van der Waals surface area contributed by atoms with Crippen molar-refractivity contribution in [3.05, 3.63) is 53.9 Å². The first-order valence-electron chi connectivity index (χ1n) is 5.89. The van der Waals surface area contributed by atoms with Gasteiger partial charge in [-0.05, 0) is 36.8 Å². The summed E-state index contributed by atoms with van der Waals surface area (Å²) in [5.74, 6) is 0.365. The van der Waals surface area contributed by atoms with Crippen LogP contribution in [-0.4, -0.2) is 21.1 Å². The number of nitrogens with zero attached hydrogens (tertiary/aromatic N) is 2. The van der Waals surface area contributed by atoms with E-state index in [0.29, 0.717) is 11.4 Å². The summed E-state index contributed by atoms with van der Waals surface area (Å²) in [4.78, 5) is 16.2. The van der Waals surface area contributed by atoms with Crippen molar-refractivity contribution in [3.63, 3.8) is 0 Å². The Morgan fingerprint density at radius 1 is 1.26 bits per heavy atom. The highest BCUT2D eigenvalue weighted by atomic mass is 16.1. The third-order valence-electron chi connectivity index (χ3n) is 2.86. The summed E-state index contributed by atoms with van der Waals surface area (Å²) < 4.78 is 0. The van der Waals surface area contributed by atoms with Crippen LogP contribution in [0.4, 0.5) is 5.82 Å². The molecule has 0 aliphatic heterocycles. The predicted molar refractivity (Wildman–Crippen MR) is 73.0 cm³/mol. The lowest BCUT2D eigenvalue weighted by molar-refractivity contribution is 0.102. The third-order valence-corrected chi connectivity index (χ3v) is 2.86. The number of hydrogen-bond donors (Lipinski definition) is 2. The number of carbonyl (C=O) groups is 1. The van der Waals surface area contributed by atoms with E-state index in [0.717, 1.165) is 16.5 Å². The Morgan fingerprint density at radius 3 is 3.00 bits per heavy atom. The number of hydrogen-bond acceptors (Lipinski definition) is 3. The SMILES string of the molecule is Cc1ccnc(NC(=O)c2ccc3cn[nH]c3c2)c1. The van der Waals surface area contributed by atoms with Crippen LogP contribution < -0.4 is 5.32 Å². The zero-order valence-corrected chi connectivity index (χ0v) is 10.3. The lowest BCUT2D eigenvalue weighted by Crippen LogP contribution is -2.12. The average Bonchev–Trinajstić information content (AvgIpc) is 2.85. The Bertz CT molecular complexity index is 748. The fourth-order valence-electron chi connectivity index (χ4n) is 1.87. The molecule has 3 rings (SSSR count). The van der Waals surface area contributed by atoms with Crippen LogP contribution in [0.5, 0.6) is 0 Å². The van der Waals surface area contributed by atoms with Crippen molar-refractivity contribution >= 4 is 22.6 Å². The molecule has 2 heterocycles. The first-order chi connectivity index (χ1) is 9.22. The van der Waals surface area contributed by atoms with Crippen LogP contribution in [0, 0.1) is 6.92 Å². The van der Waals surface area contributed by atoms with Crippen molar-refractivity contribution in [1.82, 2.24) is 15.2 Å². The number of H-pyrrole nitrogens is 1. The van der Waals surface area contributed by atoms with Gasteiger partial charge in [-0.1, -0.05) is 6.07 Å². The molecule has 2 aromatic heterocycles. The molecular formula is C14H12N4O. The van der Waals surface area contributed by atoms with Gasteiger partial charge in [0.1, 0.15) is 5.82 Å². The van der Waals surface area contributed by atoms with Crippen LogP contribution in [0.15, 0.2) is 42.7 Å². The van der Waals surface area contributed by atoms with Gasteiger partial charge < -0.3 is 5.32 Å². The van der Waals surface area contributed by atoms with Crippen LogP contribution in [-0.2, 0) is 0 Å².